The van der Waals surface area contributed by atoms with Crippen LogP contribution in [-0.2, 0) is 0 Å². The molecule has 0 unspecified atom stereocenters. The topological polar surface area (TPSA) is 82.0 Å². The molecule has 1 amide bonds. The first-order chi connectivity index (χ1) is 12.9. The molecule has 0 aliphatic rings. The summed E-state index contributed by atoms with van der Waals surface area (Å²) in [5.74, 6) is -2.55. The van der Waals surface area contributed by atoms with Gasteiger partial charge in [-0.3, -0.25) is 20.8 Å². The molecule has 1 aromatic carbocycles. The molecule has 0 saturated heterocycles. The van der Waals surface area contributed by atoms with Gasteiger partial charge >= 0.3 is 18.0 Å². The first-order valence-corrected chi connectivity index (χ1v) is 7.71. The van der Waals surface area contributed by atoms with Crippen LogP contribution < -0.4 is 16.0 Å². The molecule has 150 valence electrons. The maximum Gasteiger partial charge on any atom is 0.462 e. The van der Waals surface area contributed by atoms with E-state index < -0.39 is 35.3 Å². The van der Waals surface area contributed by atoms with Crippen LogP contribution >= 0.6 is 0 Å². The second-order valence-corrected chi connectivity index (χ2v) is 5.85. The van der Waals surface area contributed by atoms with Crippen molar-refractivity contribution in [2.24, 2.45) is 5.73 Å². The third-order valence-corrected chi connectivity index (χ3v) is 3.76. The lowest BCUT2D eigenvalue weighted by Crippen LogP contribution is -3.02. The molecule has 1 heterocycles. The van der Waals surface area contributed by atoms with Gasteiger partial charge in [-0.1, -0.05) is 17.7 Å². The normalized spacial score (nSPS) is 13.3. The predicted molar refractivity (Wildman–Crippen MR) is 87.0 cm³/mol. The van der Waals surface area contributed by atoms with E-state index in [1.54, 1.807) is 6.92 Å². The molecule has 2 aromatic rings. The number of aromatic nitrogens is 1. The molecule has 0 fully saturated rings. The number of rotatable bonds is 4. The van der Waals surface area contributed by atoms with Gasteiger partial charge in [-0.15, -0.1) is 0 Å². The van der Waals surface area contributed by atoms with Crippen molar-refractivity contribution in [3.8, 4) is 0 Å². The third-order valence-electron chi connectivity index (χ3n) is 3.76. The first-order valence-electron chi connectivity index (χ1n) is 7.71. The summed E-state index contributed by atoms with van der Waals surface area (Å²) in [6.45, 7) is 1.68. The zero-order valence-corrected chi connectivity index (χ0v) is 14.3. The number of benzene rings is 1. The van der Waals surface area contributed by atoms with Crippen LogP contribution in [0.15, 0.2) is 48.8 Å². The Morgan fingerprint density at radius 3 is 2.04 bits per heavy atom. The van der Waals surface area contributed by atoms with Crippen molar-refractivity contribution in [3.63, 3.8) is 0 Å². The molecular weight excluding hydrogens is 390 g/mol. The lowest BCUT2D eigenvalue weighted by molar-refractivity contribution is -0.651. The van der Waals surface area contributed by atoms with Crippen molar-refractivity contribution in [3.05, 3.63) is 65.5 Å². The Labute approximate surface area is 155 Å². The molecule has 0 bridgehead atoms. The summed E-state index contributed by atoms with van der Waals surface area (Å²) in [6, 6.07) is 7.63. The maximum absolute atomic E-state index is 13.6. The number of hydrogen-bond acceptors (Lipinski definition) is 2. The third kappa shape index (κ3) is 4.24. The number of nitrogen functional groups attached to an aromatic ring is 1. The van der Waals surface area contributed by atoms with E-state index >= 15 is 0 Å². The summed E-state index contributed by atoms with van der Waals surface area (Å²) < 4.78 is 81.6. The van der Waals surface area contributed by atoms with Crippen molar-refractivity contribution in [2.75, 3.05) is 0 Å². The smallest absolute Gasteiger partial charge is 0.296 e. The number of amidine groups is 1. The molecule has 0 saturated carbocycles. The van der Waals surface area contributed by atoms with E-state index in [-0.39, 0.29) is 5.56 Å². The van der Waals surface area contributed by atoms with Crippen molar-refractivity contribution >= 4 is 11.7 Å². The molecule has 0 spiro atoms. The summed E-state index contributed by atoms with van der Waals surface area (Å²) in [5, 5.41) is 0.998. The fraction of sp³-hybridized carbons (Fsp3) is 0.235. The van der Waals surface area contributed by atoms with Crippen molar-refractivity contribution < 1.29 is 36.1 Å². The van der Waals surface area contributed by atoms with Crippen LogP contribution in [0.4, 0.5) is 26.3 Å². The van der Waals surface area contributed by atoms with Crippen molar-refractivity contribution in [1.82, 2.24) is 10.3 Å². The highest BCUT2D eigenvalue weighted by Gasteiger charge is 2.75. The minimum absolute atomic E-state index is 0.112. The summed E-state index contributed by atoms with van der Waals surface area (Å²) in [5.41, 5.74) is 0.783. The molecule has 0 radical (unpaired) electrons. The second-order valence-electron chi connectivity index (χ2n) is 5.85. The molecule has 0 aliphatic carbocycles. The van der Waals surface area contributed by atoms with E-state index in [1.807, 2.05) is 0 Å². The average Bonchev–Trinajstić information content (AvgIpc) is 2.60. The minimum atomic E-state index is -5.97. The van der Waals surface area contributed by atoms with E-state index in [0.717, 1.165) is 23.1 Å². The Hall–Kier alpha value is -3.11. The van der Waals surface area contributed by atoms with Crippen LogP contribution in [0.2, 0.25) is 0 Å². The fourth-order valence-electron chi connectivity index (χ4n) is 2.22. The molecule has 5 nitrogen and oxygen atoms in total. The number of nitrogens with two attached hydrogens (primary N) is 1. The molecule has 4 N–H and O–H groups in total. The highest BCUT2D eigenvalue weighted by Crippen LogP contribution is 2.38. The summed E-state index contributed by atoms with van der Waals surface area (Å²) in [7, 11) is 0. The molecule has 28 heavy (non-hydrogen) atoms. The number of nitrogens with one attached hydrogen (secondary N) is 2. The number of hydrogen-bond donors (Lipinski definition) is 3. The summed E-state index contributed by atoms with van der Waals surface area (Å²) >= 11 is 0. The van der Waals surface area contributed by atoms with Crippen LogP contribution in [0.5, 0.6) is 0 Å². The van der Waals surface area contributed by atoms with Gasteiger partial charge in [0.15, 0.2) is 0 Å². The summed E-state index contributed by atoms with van der Waals surface area (Å²) in [6.07, 6.45) is -9.91. The highest BCUT2D eigenvalue weighted by molar-refractivity contribution is 5.95. The zero-order valence-electron chi connectivity index (χ0n) is 14.3. The van der Waals surface area contributed by atoms with Crippen molar-refractivity contribution in [1.29, 1.82) is 0 Å². The zero-order chi connectivity index (χ0) is 21.2. The van der Waals surface area contributed by atoms with Crippen LogP contribution in [0.1, 0.15) is 21.5 Å². The average molecular weight is 405 g/mol. The monoisotopic (exact) mass is 405 g/mol. The predicted octanol–water partition coefficient (Wildman–Crippen LogP) is 1.43. The van der Waals surface area contributed by atoms with Gasteiger partial charge in [0.2, 0.25) is 0 Å². The van der Waals surface area contributed by atoms with Gasteiger partial charge in [0.25, 0.3) is 11.7 Å². The second kappa shape index (κ2) is 7.49. The van der Waals surface area contributed by atoms with Gasteiger partial charge in [0.1, 0.15) is 0 Å². The molecule has 2 rings (SSSR count). The Morgan fingerprint density at radius 2 is 1.57 bits per heavy atom. The number of amides is 1. The largest absolute Gasteiger partial charge is 0.462 e. The maximum atomic E-state index is 13.6. The van der Waals surface area contributed by atoms with E-state index in [9.17, 15) is 31.1 Å². The Kier molecular flexibility index (Phi) is 5.67. The van der Waals surface area contributed by atoms with Crippen molar-refractivity contribution in [2.45, 2.75) is 24.9 Å². The Morgan fingerprint density at radius 1 is 1.00 bits per heavy atom. The molecule has 0 atom stereocenters. The number of carbonyl (C=O) groups excluding carboxylic acids is 1. The lowest BCUT2D eigenvalue weighted by Gasteiger charge is -2.32. The SMILES string of the molecule is Cc1ccc(C(N)=[NH+]C(NC(=O)c2cccnc2)(C(F)(F)F)C(F)(F)F)cc1. The Bertz CT molecular complexity index is 846. The Balaban J connectivity index is 2.59. The van der Waals surface area contributed by atoms with Gasteiger partial charge in [-0.25, -0.2) is 4.99 Å². The van der Waals surface area contributed by atoms with E-state index in [0.29, 0.717) is 0 Å². The fourth-order valence-corrected chi connectivity index (χ4v) is 2.22. The van der Waals surface area contributed by atoms with E-state index in [2.05, 4.69) is 4.98 Å². The lowest BCUT2D eigenvalue weighted by atomic mass is 10.1. The molecule has 11 heteroatoms. The van der Waals surface area contributed by atoms with E-state index in [1.165, 1.54) is 41.5 Å². The molecule has 0 aliphatic heterocycles. The van der Waals surface area contributed by atoms with Crippen LogP contribution in [-0.4, -0.2) is 34.7 Å². The number of halogens is 6. The summed E-state index contributed by atoms with van der Waals surface area (Å²) in [4.78, 5) is 16.8. The van der Waals surface area contributed by atoms with Crippen LogP contribution in [0.25, 0.3) is 0 Å². The quantitative estimate of drug-likeness (QED) is 0.312. The van der Waals surface area contributed by atoms with Gasteiger partial charge in [0.05, 0.1) is 11.1 Å². The number of nitrogens with zero attached hydrogens (tertiary/aromatic N) is 1. The standard InChI is InChI=1S/C17H14F6N4O/c1-10-4-6-11(7-5-10)13(24)26-15(16(18,19)20,17(21,22)23)27-14(28)12-3-2-8-25-9-12/h2-9H,1H3,(H2,24,26)(H,27,28)/p+1. The van der Waals surface area contributed by atoms with Crippen LogP contribution in [0.3, 0.4) is 0 Å². The number of pyridine rings is 1. The number of aryl methyl sites for hydroxylation is 1. The molecule has 1 aromatic heterocycles. The minimum Gasteiger partial charge on any atom is -0.296 e. The van der Waals surface area contributed by atoms with Gasteiger partial charge in [-0.05, 0) is 31.2 Å². The van der Waals surface area contributed by atoms with E-state index in [4.69, 9.17) is 5.73 Å². The molecular formula is C17H15F6N4O+. The van der Waals surface area contributed by atoms with Gasteiger partial charge < -0.3 is 0 Å². The van der Waals surface area contributed by atoms with Crippen LogP contribution in [0, 0.1) is 6.92 Å². The number of alkyl halides is 6. The highest BCUT2D eigenvalue weighted by atomic mass is 19.4. The van der Waals surface area contributed by atoms with Gasteiger partial charge in [0, 0.05) is 12.4 Å². The van der Waals surface area contributed by atoms with Gasteiger partial charge in [-0.2, -0.15) is 26.3 Å². The number of carbonyl (C=O) groups is 1. The first kappa shape index (κ1) is 21.2.